The monoisotopic (exact) mass is 352 g/mol. The first-order valence-electron chi connectivity index (χ1n) is 7.74. The van der Waals surface area contributed by atoms with Gasteiger partial charge in [0.25, 0.3) is 0 Å². The van der Waals surface area contributed by atoms with Gasteiger partial charge in [0.05, 0.1) is 17.5 Å². The number of amidine groups is 1. The Balaban J connectivity index is 1.97. The number of benzene rings is 1. The predicted octanol–water partition coefficient (Wildman–Crippen LogP) is 2.40. The number of sulfone groups is 1. The second-order valence-electron chi connectivity index (χ2n) is 6.04. The van der Waals surface area contributed by atoms with Crippen molar-refractivity contribution in [1.82, 2.24) is 0 Å². The summed E-state index contributed by atoms with van der Waals surface area (Å²) in [5.74, 6) is 0.139. The van der Waals surface area contributed by atoms with E-state index in [4.69, 9.17) is 0 Å². The van der Waals surface area contributed by atoms with E-state index in [0.29, 0.717) is 11.6 Å². The zero-order valence-electron chi connectivity index (χ0n) is 13.2. The van der Waals surface area contributed by atoms with Crippen LogP contribution in [0.3, 0.4) is 0 Å². The highest BCUT2D eigenvalue weighted by molar-refractivity contribution is 8.16. The quantitative estimate of drug-likeness (QED) is 0.836. The molecule has 5 nitrogen and oxygen atoms in total. The fraction of sp³-hybridized carbons (Fsp3) is 0.500. The molecular formula is C16H20N2O3S2. The number of anilines is 1. The zero-order chi connectivity index (χ0) is 16.6. The second-order valence-corrected chi connectivity index (χ2v) is 9.40. The van der Waals surface area contributed by atoms with Gasteiger partial charge in [-0.05, 0) is 25.5 Å². The molecule has 124 valence electrons. The molecule has 0 saturated carbocycles. The van der Waals surface area contributed by atoms with Crippen LogP contribution in [0.5, 0.6) is 0 Å². The number of hydrogen-bond acceptors (Lipinski definition) is 4. The molecule has 3 rings (SSSR count). The Morgan fingerprint density at radius 1 is 1.30 bits per heavy atom. The largest absolute Gasteiger partial charge is 0.316 e. The molecule has 2 heterocycles. The van der Waals surface area contributed by atoms with Crippen molar-refractivity contribution in [3.8, 4) is 0 Å². The van der Waals surface area contributed by atoms with Crippen LogP contribution >= 0.6 is 11.8 Å². The number of carbonyl (C=O) groups excluding carboxylic acids is 1. The van der Waals surface area contributed by atoms with E-state index >= 15 is 0 Å². The summed E-state index contributed by atoms with van der Waals surface area (Å²) in [5, 5.41) is 0.590. The third-order valence-electron chi connectivity index (χ3n) is 4.06. The average Bonchev–Trinajstić information content (AvgIpc) is 2.91. The first-order valence-corrected chi connectivity index (χ1v) is 10.4. The summed E-state index contributed by atoms with van der Waals surface area (Å²) < 4.78 is 23.9. The lowest BCUT2D eigenvalue weighted by Crippen LogP contribution is -2.37. The van der Waals surface area contributed by atoms with Gasteiger partial charge in [-0.2, -0.15) is 4.99 Å². The highest BCUT2D eigenvalue weighted by Crippen LogP contribution is 2.41. The van der Waals surface area contributed by atoms with Crippen molar-refractivity contribution in [2.24, 2.45) is 4.99 Å². The average molecular weight is 352 g/mol. The molecule has 2 aliphatic heterocycles. The minimum Gasteiger partial charge on any atom is -0.316 e. The third-order valence-corrected chi connectivity index (χ3v) is 7.27. The smallest absolute Gasteiger partial charge is 0.248 e. The van der Waals surface area contributed by atoms with Gasteiger partial charge < -0.3 is 4.90 Å². The number of carbonyl (C=O) groups is 1. The number of rotatable bonds is 3. The Bertz CT molecular complexity index is 741. The molecule has 0 aromatic heterocycles. The van der Waals surface area contributed by atoms with Gasteiger partial charge in [-0.1, -0.05) is 36.4 Å². The predicted molar refractivity (Wildman–Crippen MR) is 94.8 cm³/mol. The summed E-state index contributed by atoms with van der Waals surface area (Å²) in [5.41, 5.74) is 2.03. The van der Waals surface area contributed by atoms with Gasteiger partial charge in [0.1, 0.15) is 0 Å². The van der Waals surface area contributed by atoms with E-state index in [0.717, 1.165) is 17.7 Å². The molecule has 23 heavy (non-hydrogen) atoms. The van der Waals surface area contributed by atoms with Crippen molar-refractivity contribution in [2.45, 2.75) is 38.0 Å². The summed E-state index contributed by atoms with van der Waals surface area (Å²) in [6, 6.07) is 7.76. The molecule has 2 atom stereocenters. The molecule has 2 fully saturated rings. The molecule has 7 heteroatoms. The molecule has 0 N–H and O–H groups in total. The van der Waals surface area contributed by atoms with E-state index in [1.165, 1.54) is 11.8 Å². The number of hydrogen-bond donors (Lipinski definition) is 0. The topological polar surface area (TPSA) is 66.8 Å². The summed E-state index contributed by atoms with van der Waals surface area (Å²) in [6.07, 6.45) is 1.17. The molecule has 0 unspecified atom stereocenters. The summed E-state index contributed by atoms with van der Waals surface area (Å²) in [6.45, 7) is 3.95. The lowest BCUT2D eigenvalue weighted by molar-refractivity contribution is -0.117. The van der Waals surface area contributed by atoms with Gasteiger partial charge >= 0.3 is 0 Å². The van der Waals surface area contributed by atoms with E-state index in [9.17, 15) is 13.2 Å². The van der Waals surface area contributed by atoms with Crippen LogP contribution in [0.2, 0.25) is 0 Å². The van der Waals surface area contributed by atoms with Crippen LogP contribution in [-0.2, 0) is 14.6 Å². The molecule has 0 bridgehead atoms. The SMILES string of the molecule is CCCC(=O)N=C1S[C@@H]2CS(=O)(=O)C[C@H]2N1c1ccc(C)cc1. The third kappa shape index (κ3) is 3.45. The van der Waals surface area contributed by atoms with Crippen molar-refractivity contribution in [2.75, 3.05) is 16.4 Å². The minimum atomic E-state index is -3.02. The minimum absolute atomic E-state index is 0.0468. The summed E-state index contributed by atoms with van der Waals surface area (Å²) in [4.78, 5) is 18.1. The maximum Gasteiger partial charge on any atom is 0.248 e. The molecule has 2 saturated heterocycles. The van der Waals surface area contributed by atoms with Crippen molar-refractivity contribution in [3.63, 3.8) is 0 Å². The molecule has 0 aliphatic carbocycles. The van der Waals surface area contributed by atoms with Crippen LogP contribution < -0.4 is 4.90 Å². The van der Waals surface area contributed by atoms with Crippen LogP contribution in [0.4, 0.5) is 5.69 Å². The number of amides is 1. The molecule has 1 aromatic rings. The van der Waals surface area contributed by atoms with Crippen molar-refractivity contribution in [3.05, 3.63) is 29.8 Å². The van der Waals surface area contributed by atoms with Gasteiger partial charge in [0.15, 0.2) is 15.0 Å². The Morgan fingerprint density at radius 2 is 2.00 bits per heavy atom. The van der Waals surface area contributed by atoms with Gasteiger partial charge in [-0.15, -0.1) is 0 Å². The molecule has 1 amide bonds. The van der Waals surface area contributed by atoms with Crippen LogP contribution in [0.15, 0.2) is 29.3 Å². The Kier molecular flexibility index (Phi) is 4.51. The normalized spacial score (nSPS) is 27.4. The highest BCUT2D eigenvalue weighted by atomic mass is 32.2. The van der Waals surface area contributed by atoms with Gasteiger partial charge in [-0.25, -0.2) is 8.42 Å². The molecule has 1 aromatic carbocycles. The molecule has 2 aliphatic rings. The van der Waals surface area contributed by atoms with Gasteiger partial charge in [0.2, 0.25) is 5.91 Å². The maximum atomic E-state index is 12.0. The van der Waals surface area contributed by atoms with E-state index in [2.05, 4.69) is 4.99 Å². The second kappa shape index (κ2) is 6.28. The highest BCUT2D eigenvalue weighted by Gasteiger charge is 2.49. The van der Waals surface area contributed by atoms with Crippen LogP contribution in [0.25, 0.3) is 0 Å². The van der Waals surface area contributed by atoms with E-state index in [1.807, 2.05) is 43.0 Å². The fourth-order valence-corrected chi connectivity index (χ4v) is 6.88. The Labute approximate surface area is 141 Å². The lowest BCUT2D eigenvalue weighted by Gasteiger charge is -2.24. The number of fused-ring (bicyclic) bond motifs is 1. The van der Waals surface area contributed by atoms with Crippen LogP contribution in [0.1, 0.15) is 25.3 Å². The van der Waals surface area contributed by atoms with E-state index in [1.54, 1.807) is 0 Å². The Hall–Kier alpha value is -1.34. The number of thioether (sulfide) groups is 1. The number of aryl methyl sites for hydroxylation is 1. The van der Waals surface area contributed by atoms with Gasteiger partial charge in [-0.3, -0.25) is 4.79 Å². The van der Waals surface area contributed by atoms with Crippen molar-refractivity contribution < 1.29 is 13.2 Å². The summed E-state index contributed by atoms with van der Waals surface area (Å²) in [7, 11) is -3.02. The first kappa shape index (κ1) is 16.5. The van der Waals surface area contributed by atoms with Crippen molar-refractivity contribution in [1.29, 1.82) is 0 Å². The lowest BCUT2D eigenvalue weighted by atomic mass is 10.1. The van der Waals surface area contributed by atoms with Crippen molar-refractivity contribution >= 4 is 38.4 Å². The fourth-order valence-electron chi connectivity index (χ4n) is 2.95. The number of aliphatic imine (C=N–C) groups is 1. The van der Waals surface area contributed by atoms with E-state index in [-0.39, 0.29) is 28.7 Å². The van der Waals surface area contributed by atoms with Crippen LogP contribution in [0, 0.1) is 6.92 Å². The molecule has 0 radical (unpaired) electrons. The summed E-state index contributed by atoms with van der Waals surface area (Å²) >= 11 is 1.42. The van der Waals surface area contributed by atoms with E-state index < -0.39 is 9.84 Å². The Morgan fingerprint density at radius 3 is 2.65 bits per heavy atom. The first-order chi connectivity index (χ1) is 10.9. The molecular weight excluding hydrogens is 332 g/mol. The molecule has 0 spiro atoms. The van der Waals surface area contributed by atoms with Gasteiger partial charge in [0, 0.05) is 17.4 Å². The zero-order valence-corrected chi connectivity index (χ0v) is 14.9. The van der Waals surface area contributed by atoms with Crippen LogP contribution in [-0.4, -0.2) is 42.3 Å². The maximum absolute atomic E-state index is 12.0. The standard InChI is InChI=1S/C16H20N2O3S2/c1-3-4-15(19)17-16-18(12-7-5-11(2)6-8-12)13-9-23(20,21)10-14(13)22-16/h5-8,13-14H,3-4,9-10H2,1-2H3/t13-,14-/m1/s1. The number of nitrogens with zero attached hydrogens (tertiary/aromatic N) is 2.